The molecule has 0 aliphatic carbocycles. The van der Waals surface area contributed by atoms with E-state index in [4.69, 9.17) is 5.84 Å². The minimum Gasteiger partial charge on any atom is -0.310 e. The van der Waals surface area contributed by atoms with Crippen LogP contribution in [0.2, 0.25) is 0 Å². The molecule has 3 heteroatoms. The van der Waals surface area contributed by atoms with Crippen molar-refractivity contribution in [3.05, 3.63) is 0 Å². The van der Waals surface area contributed by atoms with Gasteiger partial charge in [0.05, 0.1) is 0 Å². The fourth-order valence-electron chi connectivity index (χ4n) is 1.39. The zero-order valence-corrected chi connectivity index (χ0v) is 6.80. The van der Waals surface area contributed by atoms with Crippen LogP contribution in [0.15, 0.2) is 0 Å². The van der Waals surface area contributed by atoms with E-state index in [1.807, 2.05) is 5.01 Å². The van der Waals surface area contributed by atoms with Crippen LogP contribution in [-0.2, 0) is 0 Å². The third-order valence-electron chi connectivity index (χ3n) is 1.79. The molecule has 3 nitrogen and oxygen atoms in total. The van der Waals surface area contributed by atoms with E-state index in [0.717, 1.165) is 13.1 Å². The molecule has 1 aliphatic rings. The van der Waals surface area contributed by atoms with E-state index in [2.05, 4.69) is 19.2 Å². The third kappa shape index (κ3) is 2.25. The van der Waals surface area contributed by atoms with E-state index in [9.17, 15) is 0 Å². The summed E-state index contributed by atoms with van der Waals surface area (Å²) in [5.41, 5.74) is 0. The first-order valence-corrected chi connectivity index (χ1v) is 3.94. The Labute approximate surface area is 62.5 Å². The SMILES string of the molecule is CC(C)NC1CCN(N)C1. The highest BCUT2D eigenvalue weighted by molar-refractivity contribution is 4.78. The fraction of sp³-hybridized carbons (Fsp3) is 1.00. The minimum absolute atomic E-state index is 0.580. The molecule has 1 atom stereocenters. The van der Waals surface area contributed by atoms with Gasteiger partial charge < -0.3 is 5.32 Å². The Morgan fingerprint density at radius 1 is 1.60 bits per heavy atom. The summed E-state index contributed by atoms with van der Waals surface area (Å²) in [6.07, 6.45) is 1.19. The lowest BCUT2D eigenvalue weighted by molar-refractivity contribution is 0.337. The van der Waals surface area contributed by atoms with Crippen LogP contribution < -0.4 is 11.2 Å². The first-order chi connectivity index (χ1) is 4.68. The maximum atomic E-state index is 5.59. The van der Waals surface area contributed by atoms with Crippen molar-refractivity contribution in [2.75, 3.05) is 13.1 Å². The Morgan fingerprint density at radius 2 is 2.30 bits per heavy atom. The predicted octanol–water partition coefficient (Wildman–Crippen LogP) is -0.0676. The Morgan fingerprint density at radius 3 is 2.70 bits per heavy atom. The molecule has 1 unspecified atom stereocenters. The summed E-state index contributed by atoms with van der Waals surface area (Å²) in [5.74, 6) is 5.59. The van der Waals surface area contributed by atoms with Gasteiger partial charge in [-0.25, -0.2) is 5.01 Å². The van der Waals surface area contributed by atoms with Crippen LogP contribution in [0.1, 0.15) is 20.3 Å². The minimum atomic E-state index is 0.580. The third-order valence-corrected chi connectivity index (χ3v) is 1.79. The van der Waals surface area contributed by atoms with Crippen molar-refractivity contribution in [2.24, 2.45) is 5.84 Å². The van der Waals surface area contributed by atoms with Crippen LogP contribution in [0.5, 0.6) is 0 Å². The van der Waals surface area contributed by atoms with Crippen molar-refractivity contribution in [3.8, 4) is 0 Å². The van der Waals surface area contributed by atoms with Gasteiger partial charge in [-0.3, -0.25) is 5.84 Å². The van der Waals surface area contributed by atoms with Gasteiger partial charge in [-0.15, -0.1) is 0 Å². The highest BCUT2D eigenvalue weighted by Gasteiger charge is 2.19. The Balaban J connectivity index is 2.18. The van der Waals surface area contributed by atoms with Crippen LogP contribution in [0.3, 0.4) is 0 Å². The fourth-order valence-corrected chi connectivity index (χ4v) is 1.39. The molecule has 0 aromatic heterocycles. The smallest absolute Gasteiger partial charge is 0.0283 e. The van der Waals surface area contributed by atoms with Crippen molar-refractivity contribution in [2.45, 2.75) is 32.4 Å². The zero-order chi connectivity index (χ0) is 7.56. The maximum absolute atomic E-state index is 5.59. The molecule has 0 spiro atoms. The van der Waals surface area contributed by atoms with Gasteiger partial charge in [-0.1, -0.05) is 13.8 Å². The van der Waals surface area contributed by atoms with Crippen LogP contribution in [-0.4, -0.2) is 30.2 Å². The Kier molecular flexibility index (Phi) is 2.65. The number of hydrazine groups is 1. The molecule has 10 heavy (non-hydrogen) atoms. The number of nitrogens with zero attached hydrogens (tertiary/aromatic N) is 1. The van der Waals surface area contributed by atoms with Crippen molar-refractivity contribution >= 4 is 0 Å². The first-order valence-electron chi connectivity index (χ1n) is 3.94. The van der Waals surface area contributed by atoms with Gasteiger partial charge in [0.2, 0.25) is 0 Å². The summed E-state index contributed by atoms with van der Waals surface area (Å²) in [5, 5.41) is 5.33. The second kappa shape index (κ2) is 3.32. The molecule has 0 amide bonds. The molecule has 1 fully saturated rings. The van der Waals surface area contributed by atoms with Crippen molar-refractivity contribution in [3.63, 3.8) is 0 Å². The molecule has 0 bridgehead atoms. The molecule has 0 radical (unpaired) electrons. The monoisotopic (exact) mass is 143 g/mol. The average molecular weight is 143 g/mol. The van der Waals surface area contributed by atoms with E-state index < -0.39 is 0 Å². The number of hydrogen-bond acceptors (Lipinski definition) is 3. The second-order valence-electron chi connectivity index (χ2n) is 3.30. The van der Waals surface area contributed by atoms with Crippen molar-refractivity contribution in [1.82, 2.24) is 10.3 Å². The molecule has 1 rings (SSSR count). The summed E-state index contributed by atoms with van der Waals surface area (Å²) in [6, 6.07) is 1.20. The van der Waals surface area contributed by atoms with Gasteiger partial charge in [-0.2, -0.15) is 0 Å². The summed E-state index contributed by atoms with van der Waals surface area (Å²) < 4.78 is 0. The molecule has 60 valence electrons. The Bertz CT molecular complexity index is 103. The lowest BCUT2D eigenvalue weighted by atomic mass is 10.2. The van der Waals surface area contributed by atoms with Gasteiger partial charge in [0.1, 0.15) is 0 Å². The normalized spacial score (nSPS) is 28.2. The molecule has 0 saturated carbocycles. The van der Waals surface area contributed by atoms with E-state index in [-0.39, 0.29) is 0 Å². The molecule has 0 aromatic rings. The highest BCUT2D eigenvalue weighted by atomic mass is 15.4. The summed E-state index contributed by atoms with van der Waals surface area (Å²) >= 11 is 0. The van der Waals surface area contributed by atoms with Crippen LogP contribution in [0.25, 0.3) is 0 Å². The summed E-state index contributed by atoms with van der Waals surface area (Å²) in [7, 11) is 0. The van der Waals surface area contributed by atoms with E-state index in [1.54, 1.807) is 0 Å². The molecule has 1 heterocycles. The molecule has 1 aliphatic heterocycles. The van der Waals surface area contributed by atoms with Gasteiger partial charge in [-0.05, 0) is 6.42 Å². The first kappa shape index (κ1) is 7.98. The number of nitrogens with two attached hydrogens (primary N) is 1. The molecular weight excluding hydrogens is 126 g/mol. The zero-order valence-electron chi connectivity index (χ0n) is 6.80. The predicted molar refractivity (Wildman–Crippen MR) is 42.4 cm³/mol. The standard InChI is InChI=1S/C7H17N3/c1-6(2)9-7-3-4-10(8)5-7/h6-7,9H,3-5,8H2,1-2H3. The quantitative estimate of drug-likeness (QED) is 0.532. The summed E-state index contributed by atoms with van der Waals surface area (Å²) in [6.45, 7) is 6.36. The van der Waals surface area contributed by atoms with Crippen LogP contribution in [0.4, 0.5) is 0 Å². The highest BCUT2D eigenvalue weighted by Crippen LogP contribution is 2.04. The van der Waals surface area contributed by atoms with E-state index in [1.165, 1.54) is 6.42 Å². The van der Waals surface area contributed by atoms with Crippen molar-refractivity contribution in [1.29, 1.82) is 0 Å². The van der Waals surface area contributed by atoms with Gasteiger partial charge >= 0.3 is 0 Å². The Hall–Kier alpha value is -0.120. The largest absolute Gasteiger partial charge is 0.310 e. The lowest BCUT2D eigenvalue weighted by Crippen LogP contribution is -2.38. The van der Waals surface area contributed by atoms with Gasteiger partial charge in [0.25, 0.3) is 0 Å². The van der Waals surface area contributed by atoms with Crippen LogP contribution >= 0.6 is 0 Å². The topological polar surface area (TPSA) is 41.3 Å². The number of rotatable bonds is 2. The van der Waals surface area contributed by atoms with Gasteiger partial charge in [0, 0.05) is 25.2 Å². The molecule has 1 saturated heterocycles. The number of nitrogens with one attached hydrogen (secondary N) is 1. The van der Waals surface area contributed by atoms with E-state index in [0.29, 0.717) is 12.1 Å². The van der Waals surface area contributed by atoms with Gasteiger partial charge in [0.15, 0.2) is 0 Å². The van der Waals surface area contributed by atoms with Crippen molar-refractivity contribution < 1.29 is 0 Å². The second-order valence-corrected chi connectivity index (χ2v) is 3.30. The molecular formula is C7H17N3. The molecule has 3 N–H and O–H groups in total. The molecule has 0 aromatic carbocycles. The lowest BCUT2D eigenvalue weighted by Gasteiger charge is -2.14. The maximum Gasteiger partial charge on any atom is 0.0283 e. The van der Waals surface area contributed by atoms with E-state index >= 15 is 0 Å². The summed E-state index contributed by atoms with van der Waals surface area (Å²) in [4.78, 5) is 0. The van der Waals surface area contributed by atoms with Crippen LogP contribution in [0, 0.1) is 0 Å². The number of hydrogen-bond donors (Lipinski definition) is 2. The average Bonchev–Trinajstić information content (AvgIpc) is 2.13.